The lowest BCUT2D eigenvalue weighted by Gasteiger charge is -2.07. The second-order valence-electron chi connectivity index (χ2n) is 7.87. The van der Waals surface area contributed by atoms with E-state index in [1.807, 2.05) is 30.3 Å². The summed E-state index contributed by atoms with van der Waals surface area (Å²) in [5, 5.41) is 29.7. The molecular formula is C26H18N2O6. The molecule has 0 aliphatic rings. The van der Waals surface area contributed by atoms with E-state index in [2.05, 4.69) is 9.72 Å². The fourth-order valence-electron chi connectivity index (χ4n) is 4.11. The van der Waals surface area contributed by atoms with Crippen LogP contribution < -0.4 is 4.74 Å². The predicted octanol–water partition coefficient (Wildman–Crippen LogP) is 5.82. The van der Waals surface area contributed by atoms with Crippen LogP contribution in [0.3, 0.4) is 0 Å². The number of aromatic amines is 1. The summed E-state index contributed by atoms with van der Waals surface area (Å²) in [6.45, 7) is 1.76. The third-order valence-corrected chi connectivity index (χ3v) is 5.65. The molecule has 4 N–H and O–H groups in total. The summed E-state index contributed by atoms with van der Waals surface area (Å²) in [5.41, 5.74) is 4.78. The van der Waals surface area contributed by atoms with Crippen LogP contribution in [0.5, 0.6) is 11.5 Å². The molecule has 8 nitrogen and oxygen atoms in total. The Balaban J connectivity index is 1.59. The molecular weight excluding hydrogens is 436 g/mol. The van der Waals surface area contributed by atoms with Crippen molar-refractivity contribution < 1.29 is 29.6 Å². The van der Waals surface area contributed by atoms with Crippen molar-refractivity contribution in [3.63, 3.8) is 0 Å². The molecule has 0 unspecified atom stereocenters. The molecule has 0 spiro atoms. The lowest BCUT2D eigenvalue weighted by molar-refractivity contribution is 0.0696. The number of phenols is 1. The molecule has 5 aromatic rings. The first kappa shape index (κ1) is 21.0. The second-order valence-corrected chi connectivity index (χ2v) is 7.87. The van der Waals surface area contributed by atoms with E-state index in [0.29, 0.717) is 33.2 Å². The number of fused-ring (bicyclic) bond motifs is 3. The number of nitrogens with zero attached hydrogens (tertiary/aromatic N) is 1. The van der Waals surface area contributed by atoms with E-state index in [1.165, 1.54) is 12.1 Å². The van der Waals surface area contributed by atoms with E-state index >= 15 is 0 Å². The lowest BCUT2D eigenvalue weighted by Crippen LogP contribution is -2.02. The number of nitrogens with one attached hydrogen (secondary N) is 1. The first-order valence-electron chi connectivity index (χ1n) is 10.3. The van der Waals surface area contributed by atoms with Crippen LogP contribution in [0.25, 0.3) is 44.3 Å². The first-order valence-corrected chi connectivity index (χ1v) is 10.3. The summed E-state index contributed by atoms with van der Waals surface area (Å²) in [5.74, 6) is -0.490. The lowest BCUT2D eigenvalue weighted by atomic mass is 9.98. The zero-order chi connectivity index (χ0) is 24.0. The van der Waals surface area contributed by atoms with Crippen molar-refractivity contribution in [3.8, 4) is 34.0 Å². The van der Waals surface area contributed by atoms with Crippen LogP contribution in [-0.2, 0) is 0 Å². The summed E-state index contributed by atoms with van der Waals surface area (Å²) < 4.78 is 4.67. The molecule has 1 heterocycles. The zero-order valence-corrected chi connectivity index (χ0v) is 17.9. The van der Waals surface area contributed by atoms with Gasteiger partial charge in [0.1, 0.15) is 22.8 Å². The maximum atomic E-state index is 11.3. The van der Waals surface area contributed by atoms with Gasteiger partial charge in [-0.05, 0) is 53.3 Å². The number of carboxylic acid groups (broad SMARTS) is 2. The molecule has 0 fully saturated rings. The number of H-pyrrole nitrogens is 1. The Morgan fingerprint density at radius 1 is 0.912 bits per heavy atom. The molecule has 0 saturated heterocycles. The van der Waals surface area contributed by atoms with Crippen molar-refractivity contribution in [3.05, 3.63) is 77.9 Å². The van der Waals surface area contributed by atoms with Crippen LogP contribution >= 0.6 is 0 Å². The minimum absolute atomic E-state index is 0.0181. The predicted molar refractivity (Wildman–Crippen MR) is 126 cm³/mol. The molecule has 1 aromatic heterocycles. The number of aromatic hydroxyl groups is 1. The average molecular weight is 454 g/mol. The third kappa shape index (κ3) is 3.67. The first-order chi connectivity index (χ1) is 16.3. The van der Waals surface area contributed by atoms with Gasteiger partial charge in [-0.2, -0.15) is 0 Å². The van der Waals surface area contributed by atoms with Crippen LogP contribution in [0.1, 0.15) is 15.9 Å². The summed E-state index contributed by atoms with van der Waals surface area (Å²) in [6.07, 6.45) is -1.46. The molecule has 0 aliphatic heterocycles. The van der Waals surface area contributed by atoms with Gasteiger partial charge in [-0.3, -0.25) is 0 Å². The highest BCUT2D eigenvalue weighted by Crippen LogP contribution is 2.36. The fourth-order valence-corrected chi connectivity index (χ4v) is 4.11. The highest BCUT2D eigenvalue weighted by Gasteiger charge is 2.15. The van der Waals surface area contributed by atoms with Gasteiger partial charge >= 0.3 is 12.1 Å². The van der Waals surface area contributed by atoms with Crippen LogP contribution in [-0.4, -0.2) is 37.4 Å². The fraction of sp³-hybridized carbons (Fsp3) is 0.0385. The molecule has 4 aromatic carbocycles. The Morgan fingerprint density at radius 2 is 1.68 bits per heavy atom. The van der Waals surface area contributed by atoms with Gasteiger partial charge in [0.2, 0.25) is 0 Å². The number of carboxylic acids is 1. The van der Waals surface area contributed by atoms with Gasteiger partial charge in [-0.15, -0.1) is 0 Å². The molecule has 5 rings (SSSR count). The van der Waals surface area contributed by atoms with Gasteiger partial charge < -0.3 is 25.0 Å². The van der Waals surface area contributed by atoms with Crippen molar-refractivity contribution in [2.45, 2.75) is 6.92 Å². The van der Waals surface area contributed by atoms with Crippen molar-refractivity contribution in [1.82, 2.24) is 9.97 Å². The number of hydrogen-bond acceptors (Lipinski definition) is 5. The molecule has 0 aliphatic carbocycles. The quantitative estimate of drug-likeness (QED) is 0.199. The zero-order valence-electron chi connectivity index (χ0n) is 17.9. The maximum Gasteiger partial charge on any atom is 0.511 e. The van der Waals surface area contributed by atoms with Gasteiger partial charge in [0.25, 0.3) is 0 Å². The Hall–Kier alpha value is -4.85. The van der Waals surface area contributed by atoms with Gasteiger partial charge in [0.15, 0.2) is 0 Å². The number of rotatable bonds is 4. The highest BCUT2D eigenvalue weighted by atomic mass is 16.7. The number of aromatic carboxylic acids is 1. The van der Waals surface area contributed by atoms with E-state index in [1.54, 1.807) is 31.2 Å². The van der Waals surface area contributed by atoms with E-state index in [4.69, 9.17) is 10.1 Å². The van der Waals surface area contributed by atoms with Crippen LogP contribution in [0.4, 0.5) is 4.79 Å². The summed E-state index contributed by atoms with van der Waals surface area (Å²) in [6, 6.07) is 19.2. The number of phenolic OH excluding ortho intramolecular Hbond substituents is 1. The Morgan fingerprint density at radius 3 is 2.41 bits per heavy atom. The maximum absolute atomic E-state index is 11.3. The number of ether oxygens (including phenoxy) is 1. The Bertz CT molecular complexity index is 1620. The average Bonchev–Trinajstić information content (AvgIpc) is 3.22. The van der Waals surface area contributed by atoms with Gasteiger partial charge in [0, 0.05) is 11.6 Å². The highest BCUT2D eigenvalue weighted by molar-refractivity contribution is 6.08. The number of benzene rings is 4. The van der Waals surface area contributed by atoms with E-state index < -0.39 is 12.1 Å². The van der Waals surface area contributed by atoms with Gasteiger partial charge in [0.05, 0.1) is 16.5 Å². The van der Waals surface area contributed by atoms with Crippen molar-refractivity contribution in [1.29, 1.82) is 0 Å². The molecule has 0 bridgehead atoms. The van der Waals surface area contributed by atoms with E-state index in [0.717, 1.165) is 16.7 Å². The normalized spacial score (nSPS) is 11.1. The number of hydrogen-bond donors (Lipinski definition) is 4. The second kappa shape index (κ2) is 7.93. The standard InChI is InChI=1S/C26H18N2O6/c1-13-9-15(5-7-19(13)25(30)31)14-3-2-4-17(10-14)24-27-20-8-6-16-11-18(34-26(32)33)12-21(29)22(16)23(20)28-24/h2-12,29H,1H3,(H,27,28)(H,30,31)(H,32,33). The van der Waals surface area contributed by atoms with E-state index in [9.17, 15) is 19.8 Å². The molecule has 0 atom stereocenters. The minimum atomic E-state index is -1.46. The van der Waals surface area contributed by atoms with Gasteiger partial charge in [-0.25, -0.2) is 14.6 Å². The number of carbonyl (C=O) groups is 2. The molecule has 0 saturated carbocycles. The van der Waals surface area contributed by atoms with Crippen LogP contribution in [0.15, 0.2) is 66.7 Å². The largest absolute Gasteiger partial charge is 0.511 e. The van der Waals surface area contributed by atoms with Crippen molar-refractivity contribution in [2.75, 3.05) is 0 Å². The number of aryl methyl sites for hydroxylation is 1. The number of imidazole rings is 1. The van der Waals surface area contributed by atoms with Crippen LogP contribution in [0, 0.1) is 6.92 Å². The Labute approximate surface area is 192 Å². The van der Waals surface area contributed by atoms with Crippen LogP contribution in [0.2, 0.25) is 0 Å². The summed E-state index contributed by atoms with van der Waals surface area (Å²) >= 11 is 0. The Kier molecular flexibility index (Phi) is 4.90. The molecule has 8 heteroatoms. The smallest absolute Gasteiger partial charge is 0.507 e. The number of aromatic nitrogens is 2. The van der Waals surface area contributed by atoms with E-state index in [-0.39, 0.29) is 17.1 Å². The molecule has 0 amide bonds. The molecule has 168 valence electrons. The minimum Gasteiger partial charge on any atom is -0.507 e. The molecule has 34 heavy (non-hydrogen) atoms. The monoisotopic (exact) mass is 454 g/mol. The third-order valence-electron chi connectivity index (χ3n) is 5.65. The van der Waals surface area contributed by atoms with Crippen molar-refractivity contribution >= 4 is 33.9 Å². The molecule has 0 radical (unpaired) electrons. The topological polar surface area (TPSA) is 133 Å². The van der Waals surface area contributed by atoms with Gasteiger partial charge in [-0.1, -0.05) is 36.4 Å². The van der Waals surface area contributed by atoms with Crippen molar-refractivity contribution in [2.24, 2.45) is 0 Å². The summed E-state index contributed by atoms with van der Waals surface area (Å²) in [4.78, 5) is 30.1. The SMILES string of the molecule is Cc1cc(-c2cccc(-c3nc4c(ccc5cc(OC(=O)O)cc(O)c54)[nH]3)c2)ccc1C(=O)O. The summed E-state index contributed by atoms with van der Waals surface area (Å²) in [7, 11) is 0.